The Morgan fingerprint density at radius 1 is 1.45 bits per heavy atom. The Bertz CT molecular complexity index is 216. The molecule has 0 spiro atoms. The van der Waals surface area contributed by atoms with Crippen LogP contribution in [0, 0.1) is 6.07 Å². The van der Waals surface area contributed by atoms with Gasteiger partial charge in [0.2, 0.25) is 0 Å². The summed E-state index contributed by atoms with van der Waals surface area (Å²) < 4.78 is 25.7. The second-order valence-corrected chi connectivity index (χ2v) is 2.33. The van der Waals surface area contributed by atoms with Crippen LogP contribution in [0.15, 0.2) is 24.3 Å². The van der Waals surface area contributed by atoms with Gasteiger partial charge < -0.3 is 0 Å². The SMILES string of the molecule is CCC(F)(F)c1[c]cccc1. The van der Waals surface area contributed by atoms with Crippen molar-refractivity contribution in [1.82, 2.24) is 0 Å². The van der Waals surface area contributed by atoms with Crippen molar-refractivity contribution in [3.63, 3.8) is 0 Å². The van der Waals surface area contributed by atoms with Gasteiger partial charge in [-0.3, -0.25) is 0 Å². The van der Waals surface area contributed by atoms with Crippen LogP contribution in [-0.2, 0) is 5.92 Å². The molecule has 1 aromatic carbocycles. The molecule has 0 nitrogen and oxygen atoms in total. The fourth-order valence-corrected chi connectivity index (χ4v) is 0.811. The first-order valence-electron chi connectivity index (χ1n) is 3.52. The van der Waals surface area contributed by atoms with E-state index in [0.29, 0.717) is 0 Å². The van der Waals surface area contributed by atoms with Gasteiger partial charge in [0.05, 0.1) is 0 Å². The maximum absolute atomic E-state index is 12.9. The van der Waals surface area contributed by atoms with Gasteiger partial charge >= 0.3 is 0 Å². The Hall–Kier alpha value is -0.920. The minimum atomic E-state index is -2.72. The summed E-state index contributed by atoms with van der Waals surface area (Å²) in [4.78, 5) is 0. The molecule has 0 heterocycles. The second-order valence-electron chi connectivity index (χ2n) is 2.33. The number of alkyl halides is 2. The molecular formula is C9H9F2. The largest absolute Gasteiger partial charge is 0.273 e. The number of hydrogen-bond donors (Lipinski definition) is 0. The zero-order chi connectivity index (χ0) is 8.32. The third-order valence-electron chi connectivity index (χ3n) is 1.55. The van der Waals surface area contributed by atoms with Gasteiger partial charge in [-0.2, -0.15) is 0 Å². The van der Waals surface area contributed by atoms with E-state index < -0.39 is 5.92 Å². The minimum Gasteiger partial charge on any atom is -0.201 e. The van der Waals surface area contributed by atoms with Crippen LogP contribution in [0.4, 0.5) is 8.78 Å². The summed E-state index contributed by atoms with van der Waals surface area (Å²) in [7, 11) is 0. The Balaban J connectivity index is 2.93. The lowest BCUT2D eigenvalue weighted by Gasteiger charge is -2.12. The summed E-state index contributed by atoms with van der Waals surface area (Å²) in [6.45, 7) is 1.46. The van der Waals surface area contributed by atoms with E-state index in [2.05, 4.69) is 6.07 Å². The van der Waals surface area contributed by atoms with Crippen molar-refractivity contribution in [1.29, 1.82) is 0 Å². The summed E-state index contributed by atoms with van der Waals surface area (Å²) in [5.41, 5.74) is -0.0255. The van der Waals surface area contributed by atoms with E-state index in [0.717, 1.165) is 0 Å². The van der Waals surface area contributed by atoms with Crippen LogP contribution in [-0.4, -0.2) is 0 Å². The van der Waals surface area contributed by atoms with E-state index in [1.165, 1.54) is 19.1 Å². The number of hydrogen-bond acceptors (Lipinski definition) is 0. The van der Waals surface area contributed by atoms with Gasteiger partial charge in [-0.25, -0.2) is 8.78 Å². The van der Waals surface area contributed by atoms with Crippen molar-refractivity contribution in [2.45, 2.75) is 19.3 Å². The van der Waals surface area contributed by atoms with Crippen LogP contribution in [0.2, 0.25) is 0 Å². The minimum absolute atomic E-state index is 0.0255. The molecule has 0 atom stereocenters. The summed E-state index contributed by atoms with van der Waals surface area (Å²) in [6, 6.07) is 8.67. The monoisotopic (exact) mass is 155 g/mol. The average Bonchev–Trinajstić information content (AvgIpc) is 2.06. The van der Waals surface area contributed by atoms with Crippen molar-refractivity contribution in [3.05, 3.63) is 35.9 Å². The molecule has 0 saturated carbocycles. The maximum atomic E-state index is 12.9. The van der Waals surface area contributed by atoms with Crippen molar-refractivity contribution >= 4 is 0 Å². The quantitative estimate of drug-likeness (QED) is 0.615. The second kappa shape index (κ2) is 2.99. The van der Waals surface area contributed by atoms with Gasteiger partial charge in [0.15, 0.2) is 0 Å². The molecule has 0 unspecified atom stereocenters. The Kier molecular flexibility index (Phi) is 2.22. The number of halogens is 2. The zero-order valence-corrected chi connectivity index (χ0v) is 6.27. The van der Waals surface area contributed by atoms with Crippen LogP contribution in [0.1, 0.15) is 18.9 Å². The number of benzene rings is 1. The highest BCUT2D eigenvalue weighted by molar-refractivity contribution is 5.17. The normalized spacial score (nSPS) is 11.5. The summed E-state index contributed by atoms with van der Waals surface area (Å²) in [6.07, 6.45) is -0.173. The Morgan fingerprint density at radius 2 is 2.18 bits per heavy atom. The van der Waals surface area contributed by atoms with E-state index in [4.69, 9.17) is 0 Å². The van der Waals surface area contributed by atoms with Crippen molar-refractivity contribution in [2.75, 3.05) is 0 Å². The molecule has 0 aromatic heterocycles. The van der Waals surface area contributed by atoms with Crippen LogP contribution in [0.25, 0.3) is 0 Å². The predicted molar refractivity (Wildman–Crippen MR) is 39.5 cm³/mol. The first-order chi connectivity index (χ1) is 5.17. The molecule has 0 fully saturated rings. The van der Waals surface area contributed by atoms with Gasteiger partial charge in [-0.15, -0.1) is 0 Å². The molecule has 2 heteroatoms. The number of rotatable bonds is 2. The third-order valence-corrected chi connectivity index (χ3v) is 1.55. The van der Waals surface area contributed by atoms with Gasteiger partial charge in [0.1, 0.15) is 0 Å². The molecule has 0 N–H and O–H groups in total. The van der Waals surface area contributed by atoms with Crippen molar-refractivity contribution in [2.24, 2.45) is 0 Å². The molecule has 0 aliphatic rings. The molecule has 0 aliphatic heterocycles. The topological polar surface area (TPSA) is 0 Å². The lowest BCUT2D eigenvalue weighted by atomic mass is 10.1. The molecular weight excluding hydrogens is 146 g/mol. The van der Waals surface area contributed by atoms with E-state index >= 15 is 0 Å². The van der Waals surface area contributed by atoms with E-state index in [1.807, 2.05) is 0 Å². The molecule has 1 aromatic rings. The molecule has 59 valence electrons. The first kappa shape index (κ1) is 8.18. The Labute approximate surface area is 64.9 Å². The summed E-state index contributed by atoms with van der Waals surface area (Å²) in [5, 5.41) is 0. The van der Waals surface area contributed by atoms with Gasteiger partial charge in [0.25, 0.3) is 5.92 Å². The Morgan fingerprint density at radius 3 is 2.64 bits per heavy atom. The van der Waals surface area contributed by atoms with E-state index in [1.54, 1.807) is 12.1 Å². The highest BCUT2D eigenvalue weighted by atomic mass is 19.3. The molecule has 0 aliphatic carbocycles. The van der Waals surface area contributed by atoms with Gasteiger partial charge in [-0.1, -0.05) is 31.2 Å². The highest BCUT2D eigenvalue weighted by Gasteiger charge is 2.28. The smallest absolute Gasteiger partial charge is 0.201 e. The van der Waals surface area contributed by atoms with E-state index in [-0.39, 0.29) is 12.0 Å². The molecule has 0 bridgehead atoms. The molecule has 1 radical (unpaired) electrons. The van der Waals surface area contributed by atoms with Gasteiger partial charge in [-0.05, 0) is 6.07 Å². The lowest BCUT2D eigenvalue weighted by molar-refractivity contribution is -0.00854. The van der Waals surface area contributed by atoms with Crippen LogP contribution >= 0.6 is 0 Å². The van der Waals surface area contributed by atoms with Crippen LogP contribution in [0.5, 0.6) is 0 Å². The zero-order valence-electron chi connectivity index (χ0n) is 6.27. The average molecular weight is 155 g/mol. The molecule has 0 amide bonds. The van der Waals surface area contributed by atoms with Crippen LogP contribution in [0.3, 0.4) is 0 Å². The first-order valence-corrected chi connectivity index (χ1v) is 3.52. The molecule has 0 saturated heterocycles. The van der Waals surface area contributed by atoms with E-state index in [9.17, 15) is 8.78 Å². The lowest BCUT2D eigenvalue weighted by Crippen LogP contribution is -2.10. The van der Waals surface area contributed by atoms with Crippen molar-refractivity contribution < 1.29 is 8.78 Å². The fraction of sp³-hybridized carbons (Fsp3) is 0.333. The van der Waals surface area contributed by atoms with Gasteiger partial charge in [0, 0.05) is 12.0 Å². The standard InChI is InChI=1S/C9H9F2/c1-2-9(10,11)8-6-4-3-5-7-8/h3-6H,2H2,1H3. The fourth-order valence-electron chi connectivity index (χ4n) is 0.811. The van der Waals surface area contributed by atoms with Crippen molar-refractivity contribution in [3.8, 4) is 0 Å². The highest BCUT2D eigenvalue weighted by Crippen LogP contribution is 2.30. The molecule has 11 heavy (non-hydrogen) atoms. The molecule has 1 rings (SSSR count). The summed E-state index contributed by atoms with van der Waals surface area (Å²) in [5.74, 6) is -2.72. The predicted octanol–water partition coefficient (Wildman–Crippen LogP) is 2.99. The van der Waals surface area contributed by atoms with Crippen LogP contribution < -0.4 is 0 Å². The summed E-state index contributed by atoms with van der Waals surface area (Å²) >= 11 is 0. The third kappa shape index (κ3) is 1.76. The maximum Gasteiger partial charge on any atom is 0.273 e.